The molecule has 0 aromatic heterocycles. The van der Waals surface area contributed by atoms with Crippen molar-refractivity contribution in [3.05, 3.63) is 38.3 Å². The number of piperidine rings is 1. The number of amides is 1. The van der Waals surface area contributed by atoms with Crippen molar-refractivity contribution in [1.29, 1.82) is 0 Å². The van der Waals surface area contributed by atoms with Crippen LogP contribution in [0.2, 0.25) is 0 Å². The van der Waals surface area contributed by atoms with Gasteiger partial charge in [-0.25, -0.2) is 0 Å². The molecule has 0 aliphatic carbocycles. The zero-order valence-corrected chi connectivity index (χ0v) is 13.1. The topological polar surface area (TPSA) is 63.5 Å². The summed E-state index contributed by atoms with van der Waals surface area (Å²) in [5, 5.41) is 10.9. The summed E-state index contributed by atoms with van der Waals surface area (Å²) in [5.74, 6) is -0.139. The van der Waals surface area contributed by atoms with Crippen LogP contribution in [0.1, 0.15) is 43.5 Å². The number of hydrogen-bond acceptors (Lipinski definition) is 3. The minimum absolute atomic E-state index is 0.0612. The summed E-state index contributed by atoms with van der Waals surface area (Å²) >= 11 is 3.32. The summed E-state index contributed by atoms with van der Waals surface area (Å²) in [4.78, 5) is 24.9. The number of halogens is 1. The minimum atomic E-state index is -0.480. The predicted molar refractivity (Wildman–Crippen MR) is 79.7 cm³/mol. The van der Waals surface area contributed by atoms with Crippen molar-refractivity contribution in [2.75, 3.05) is 0 Å². The molecule has 1 aromatic carbocycles. The van der Waals surface area contributed by atoms with Gasteiger partial charge in [0.1, 0.15) is 0 Å². The van der Waals surface area contributed by atoms with Gasteiger partial charge in [-0.05, 0) is 55.1 Å². The average Bonchev–Trinajstić information content (AvgIpc) is 2.38. The van der Waals surface area contributed by atoms with E-state index in [1.165, 1.54) is 12.1 Å². The van der Waals surface area contributed by atoms with E-state index in [-0.39, 0.29) is 23.7 Å². The highest BCUT2D eigenvalue weighted by atomic mass is 79.9. The zero-order chi connectivity index (χ0) is 14.9. The number of carbonyl (C=O) groups excluding carboxylic acids is 1. The highest BCUT2D eigenvalue weighted by Crippen LogP contribution is 2.29. The van der Waals surface area contributed by atoms with E-state index in [1.807, 2.05) is 18.7 Å². The Morgan fingerprint density at radius 3 is 2.50 bits per heavy atom. The van der Waals surface area contributed by atoms with E-state index < -0.39 is 4.92 Å². The van der Waals surface area contributed by atoms with Gasteiger partial charge in [-0.2, -0.15) is 0 Å². The second-order valence-electron chi connectivity index (χ2n) is 5.26. The molecule has 1 fully saturated rings. The fourth-order valence-electron chi connectivity index (χ4n) is 2.75. The molecule has 2 unspecified atom stereocenters. The van der Waals surface area contributed by atoms with Crippen LogP contribution in [0.3, 0.4) is 0 Å². The Hall–Kier alpha value is -1.43. The maximum atomic E-state index is 12.7. The fraction of sp³-hybridized carbons (Fsp3) is 0.500. The fourth-order valence-corrected chi connectivity index (χ4v) is 3.17. The summed E-state index contributed by atoms with van der Waals surface area (Å²) in [6.45, 7) is 4.05. The van der Waals surface area contributed by atoms with Gasteiger partial charge in [0.25, 0.3) is 11.6 Å². The number of carbonyl (C=O) groups is 1. The maximum Gasteiger partial charge on any atom is 0.270 e. The molecule has 1 saturated heterocycles. The summed E-state index contributed by atoms with van der Waals surface area (Å²) < 4.78 is 0.595. The number of hydrogen-bond donors (Lipinski definition) is 0. The molecular formula is C14H17BrN2O3. The lowest BCUT2D eigenvalue weighted by molar-refractivity contribution is -0.384. The van der Waals surface area contributed by atoms with Gasteiger partial charge in [-0.3, -0.25) is 14.9 Å². The highest BCUT2D eigenvalue weighted by molar-refractivity contribution is 9.10. The van der Waals surface area contributed by atoms with Gasteiger partial charge in [0.15, 0.2) is 0 Å². The largest absolute Gasteiger partial charge is 0.333 e. The van der Waals surface area contributed by atoms with E-state index in [0.717, 1.165) is 19.3 Å². The molecule has 1 aliphatic rings. The maximum absolute atomic E-state index is 12.7. The third-order valence-electron chi connectivity index (χ3n) is 3.82. The van der Waals surface area contributed by atoms with Crippen LogP contribution in [0, 0.1) is 10.1 Å². The SMILES string of the molecule is CC1CCCC(C)N1C(=O)c1cc([N+](=O)[O-])ccc1Br. The van der Waals surface area contributed by atoms with Gasteiger partial charge in [-0.15, -0.1) is 0 Å². The first-order valence-electron chi connectivity index (χ1n) is 6.68. The molecule has 1 aliphatic heterocycles. The van der Waals surface area contributed by atoms with Crippen molar-refractivity contribution in [3.63, 3.8) is 0 Å². The summed E-state index contributed by atoms with van der Waals surface area (Å²) in [7, 11) is 0. The van der Waals surface area contributed by atoms with Gasteiger partial charge in [0.05, 0.1) is 10.5 Å². The molecule has 0 saturated carbocycles. The Kier molecular flexibility index (Phi) is 4.42. The molecule has 2 atom stereocenters. The van der Waals surface area contributed by atoms with E-state index in [1.54, 1.807) is 6.07 Å². The van der Waals surface area contributed by atoms with Crippen molar-refractivity contribution < 1.29 is 9.72 Å². The third kappa shape index (κ3) is 2.85. The van der Waals surface area contributed by atoms with Crippen LogP contribution in [0.25, 0.3) is 0 Å². The van der Waals surface area contributed by atoms with Crippen LogP contribution >= 0.6 is 15.9 Å². The molecule has 2 rings (SSSR count). The van der Waals surface area contributed by atoms with Crippen LogP contribution in [-0.2, 0) is 0 Å². The Labute approximate surface area is 126 Å². The normalized spacial score (nSPS) is 22.6. The number of nitro benzene ring substituents is 1. The van der Waals surface area contributed by atoms with Crippen LogP contribution in [0.15, 0.2) is 22.7 Å². The summed E-state index contributed by atoms with van der Waals surface area (Å²) in [6.07, 6.45) is 3.06. The first-order valence-corrected chi connectivity index (χ1v) is 7.47. The Balaban J connectivity index is 2.37. The molecule has 0 N–H and O–H groups in total. The molecule has 1 heterocycles. The minimum Gasteiger partial charge on any atom is -0.333 e. The molecule has 1 aromatic rings. The van der Waals surface area contributed by atoms with E-state index in [2.05, 4.69) is 15.9 Å². The number of non-ortho nitro benzene ring substituents is 1. The summed E-state index contributed by atoms with van der Waals surface area (Å²) in [5.41, 5.74) is 0.300. The van der Waals surface area contributed by atoms with Crippen molar-refractivity contribution in [2.24, 2.45) is 0 Å². The average molecular weight is 341 g/mol. The van der Waals surface area contributed by atoms with Gasteiger partial charge < -0.3 is 4.90 Å². The Bertz CT molecular complexity index is 537. The van der Waals surface area contributed by atoms with Crippen molar-refractivity contribution in [1.82, 2.24) is 4.90 Å². The molecule has 5 nitrogen and oxygen atoms in total. The quantitative estimate of drug-likeness (QED) is 0.608. The van der Waals surface area contributed by atoms with Crippen molar-refractivity contribution in [3.8, 4) is 0 Å². The van der Waals surface area contributed by atoms with Gasteiger partial charge in [0.2, 0.25) is 0 Å². The molecule has 0 radical (unpaired) electrons. The lowest BCUT2D eigenvalue weighted by Gasteiger charge is -2.39. The number of likely N-dealkylation sites (tertiary alicyclic amines) is 1. The van der Waals surface area contributed by atoms with Gasteiger partial charge in [-0.1, -0.05) is 0 Å². The van der Waals surface area contributed by atoms with E-state index >= 15 is 0 Å². The van der Waals surface area contributed by atoms with Crippen LogP contribution < -0.4 is 0 Å². The van der Waals surface area contributed by atoms with Gasteiger partial charge >= 0.3 is 0 Å². The molecule has 0 bridgehead atoms. The number of benzene rings is 1. The highest BCUT2D eigenvalue weighted by Gasteiger charge is 2.31. The molecule has 0 spiro atoms. The molecule has 1 amide bonds. The summed E-state index contributed by atoms with van der Waals surface area (Å²) in [6, 6.07) is 4.63. The van der Waals surface area contributed by atoms with Gasteiger partial charge in [0, 0.05) is 28.7 Å². The Morgan fingerprint density at radius 2 is 1.95 bits per heavy atom. The standard InChI is InChI=1S/C14H17BrN2O3/c1-9-4-3-5-10(2)16(9)14(18)12-8-11(17(19)20)6-7-13(12)15/h6-10H,3-5H2,1-2H3. The lowest BCUT2D eigenvalue weighted by atomic mass is 9.96. The smallest absolute Gasteiger partial charge is 0.270 e. The molecular weight excluding hydrogens is 324 g/mol. The Morgan fingerprint density at radius 1 is 1.35 bits per heavy atom. The van der Waals surface area contributed by atoms with Crippen LogP contribution in [0.5, 0.6) is 0 Å². The van der Waals surface area contributed by atoms with E-state index in [9.17, 15) is 14.9 Å². The molecule has 20 heavy (non-hydrogen) atoms. The van der Waals surface area contributed by atoms with Crippen molar-refractivity contribution >= 4 is 27.5 Å². The second kappa shape index (κ2) is 5.91. The molecule has 108 valence electrons. The number of nitro groups is 1. The van der Waals surface area contributed by atoms with Crippen LogP contribution in [0.4, 0.5) is 5.69 Å². The first-order chi connectivity index (χ1) is 9.41. The lowest BCUT2D eigenvalue weighted by Crippen LogP contribution is -2.47. The zero-order valence-electron chi connectivity index (χ0n) is 11.5. The van der Waals surface area contributed by atoms with E-state index in [0.29, 0.717) is 10.0 Å². The van der Waals surface area contributed by atoms with Crippen molar-refractivity contribution in [2.45, 2.75) is 45.2 Å². The number of nitrogens with zero attached hydrogens (tertiary/aromatic N) is 2. The molecule has 6 heteroatoms. The monoisotopic (exact) mass is 340 g/mol. The first kappa shape index (κ1) is 15.0. The predicted octanol–water partition coefficient (Wildman–Crippen LogP) is 3.76. The third-order valence-corrected chi connectivity index (χ3v) is 4.51. The second-order valence-corrected chi connectivity index (χ2v) is 6.12. The van der Waals surface area contributed by atoms with E-state index in [4.69, 9.17) is 0 Å². The number of rotatable bonds is 2. The van der Waals surface area contributed by atoms with Crippen LogP contribution in [-0.4, -0.2) is 27.8 Å².